The Bertz CT molecular complexity index is 285. The molecule has 0 spiro atoms. The molecule has 17 heavy (non-hydrogen) atoms. The standard InChI is InChI=1S/C14H24N2O/c15-12-3-1-2-11(8-12)14(17)16-13(9-4-5-9)10-6-7-10/h9-13H,1-8,15H2,(H,16,17). The molecule has 0 bridgehead atoms. The molecule has 0 radical (unpaired) electrons. The van der Waals surface area contributed by atoms with Gasteiger partial charge in [0.15, 0.2) is 0 Å². The van der Waals surface area contributed by atoms with Crippen molar-refractivity contribution in [2.24, 2.45) is 23.5 Å². The molecule has 3 rings (SSSR count). The molecule has 0 saturated heterocycles. The number of hydrogen-bond donors (Lipinski definition) is 2. The molecule has 3 heteroatoms. The van der Waals surface area contributed by atoms with Crippen LogP contribution in [0, 0.1) is 17.8 Å². The maximum absolute atomic E-state index is 12.3. The molecule has 3 nitrogen and oxygen atoms in total. The highest BCUT2D eigenvalue weighted by atomic mass is 16.2. The van der Waals surface area contributed by atoms with Crippen molar-refractivity contribution in [3.63, 3.8) is 0 Å². The number of rotatable bonds is 4. The van der Waals surface area contributed by atoms with Crippen LogP contribution in [0.4, 0.5) is 0 Å². The summed E-state index contributed by atoms with van der Waals surface area (Å²) < 4.78 is 0. The lowest BCUT2D eigenvalue weighted by Crippen LogP contribution is -2.44. The first-order valence-corrected chi connectivity index (χ1v) is 7.30. The first-order valence-electron chi connectivity index (χ1n) is 7.30. The highest BCUT2D eigenvalue weighted by molar-refractivity contribution is 5.79. The molecule has 3 fully saturated rings. The van der Waals surface area contributed by atoms with E-state index in [-0.39, 0.29) is 12.0 Å². The zero-order valence-corrected chi connectivity index (χ0v) is 10.5. The normalized spacial score (nSPS) is 33.8. The first kappa shape index (κ1) is 11.5. The van der Waals surface area contributed by atoms with Crippen LogP contribution in [0.15, 0.2) is 0 Å². The highest BCUT2D eigenvalue weighted by Crippen LogP contribution is 2.44. The van der Waals surface area contributed by atoms with E-state index in [2.05, 4.69) is 5.32 Å². The number of nitrogens with one attached hydrogen (secondary N) is 1. The second kappa shape index (κ2) is 4.60. The lowest BCUT2D eigenvalue weighted by molar-refractivity contribution is -0.127. The summed E-state index contributed by atoms with van der Waals surface area (Å²) in [7, 11) is 0. The van der Waals surface area contributed by atoms with Crippen molar-refractivity contribution < 1.29 is 4.79 Å². The fourth-order valence-corrected chi connectivity index (χ4v) is 3.28. The molecular weight excluding hydrogens is 212 g/mol. The molecule has 3 aliphatic carbocycles. The summed E-state index contributed by atoms with van der Waals surface area (Å²) in [5.74, 6) is 2.08. The molecule has 0 heterocycles. The third kappa shape index (κ3) is 2.82. The van der Waals surface area contributed by atoms with Crippen LogP contribution in [0.1, 0.15) is 51.4 Å². The maximum atomic E-state index is 12.3. The van der Waals surface area contributed by atoms with Crippen LogP contribution in [0.2, 0.25) is 0 Å². The van der Waals surface area contributed by atoms with Gasteiger partial charge in [-0.1, -0.05) is 6.42 Å². The number of carbonyl (C=O) groups is 1. The van der Waals surface area contributed by atoms with E-state index in [9.17, 15) is 4.79 Å². The fraction of sp³-hybridized carbons (Fsp3) is 0.929. The van der Waals surface area contributed by atoms with Crippen molar-refractivity contribution in [3.8, 4) is 0 Å². The van der Waals surface area contributed by atoms with Gasteiger partial charge in [0.1, 0.15) is 0 Å². The number of amides is 1. The molecule has 2 unspecified atom stereocenters. The number of nitrogens with two attached hydrogens (primary N) is 1. The van der Waals surface area contributed by atoms with Gasteiger partial charge in [0.25, 0.3) is 0 Å². The van der Waals surface area contributed by atoms with Crippen molar-refractivity contribution in [1.29, 1.82) is 0 Å². The quantitative estimate of drug-likeness (QED) is 0.782. The van der Waals surface area contributed by atoms with E-state index in [1.54, 1.807) is 0 Å². The van der Waals surface area contributed by atoms with Crippen LogP contribution in [0.3, 0.4) is 0 Å². The molecule has 0 aliphatic heterocycles. The Kier molecular flexibility index (Phi) is 3.12. The third-order valence-corrected chi connectivity index (χ3v) is 4.65. The van der Waals surface area contributed by atoms with E-state index in [1.165, 1.54) is 25.7 Å². The fourth-order valence-electron chi connectivity index (χ4n) is 3.28. The maximum Gasteiger partial charge on any atom is 0.223 e. The Labute approximate surface area is 104 Å². The Morgan fingerprint density at radius 3 is 2.24 bits per heavy atom. The largest absolute Gasteiger partial charge is 0.353 e. The molecule has 0 aromatic carbocycles. The van der Waals surface area contributed by atoms with Crippen LogP contribution in [0.25, 0.3) is 0 Å². The van der Waals surface area contributed by atoms with Gasteiger partial charge in [-0.05, 0) is 56.8 Å². The lowest BCUT2D eigenvalue weighted by atomic mass is 9.85. The van der Waals surface area contributed by atoms with Crippen molar-refractivity contribution in [3.05, 3.63) is 0 Å². The Balaban J connectivity index is 1.54. The molecular formula is C14H24N2O. The van der Waals surface area contributed by atoms with E-state index in [4.69, 9.17) is 5.73 Å². The van der Waals surface area contributed by atoms with Crippen molar-refractivity contribution in [2.45, 2.75) is 63.5 Å². The topological polar surface area (TPSA) is 55.1 Å². The summed E-state index contributed by atoms with van der Waals surface area (Å²) in [5.41, 5.74) is 5.96. The summed E-state index contributed by atoms with van der Waals surface area (Å²) in [6.45, 7) is 0. The van der Waals surface area contributed by atoms with Gasteiger partial charge in [-0.15, -0.1) is 0 Å². The van der Waals surface area contributed by atoms with Gasteiger partial charge in [-0.2, -0.15) is 0 Å². The highest BCUT2D eigenvalue weighted by Gasteiger charge is 2.43. The summed E-state index contributed by atoms with van der Waals surface area (Å²) >= 11 is 0. The van der Waals surface area contributed by atoms with Gasteiger partial charge in [-0.25, -0.2) is 0 Å². The second-order valence-electron chi connectivity index (χ2n) is 6.33. The molecule has 1 amide bonds. The van der Waals surface area contributed by atoms with E-state index in [0.717, 1.165) is 37.5 Å². The average molecular weight is 236 g/mol. The van der Waals surface area contributed by atoms with Crippen LogP contribution < -0.4 is 11.1 Å². The predicted molar refractivity (Wildman–Crippen MR) is 67.3 cm³/mol. The zero-order chi connectivity index (χ0) is 11.8. The lowest BCUT2D eigenvalue weighted by Gasteiger charge is -2.28. The van der Waals surface area contributed by atoms with Gasteiger partial charge >= 0.3 is 0 Å². The summed E-state index contributed by atoms with van der Waals surface area (Å²) in [5, 5.41) is 3.34. The molecule has 0 aromatic heterocycles. The van der Waals surface area contributed by atoms with Gasteiger partial charge in [-0.3, -0.25) is 4.79 Å². The minimum Gasteiger partial charge on any atom is -0.353 e. The second-order valence-corrected chi connectivity index (χ2v) is 6.33. The van der Waals surface area contributed by atoms with E-state index in [1.807, 2.05) is 0 Å². The minimum absolute atomic E-state index is 0.193. The van der Waals surface area contributed by atoms with E-state index >= 15 is 0 Å². The average Bonchev–Trinajstić information content (AvgIpc) is 3.16. The number of hydrogen-bond acceptors (Lipinski definition) is 2. The van der Waals surface area contributed by atoms with Crippen LogP contribution >= 0.6 is 0 Å². The van der Waals surface area contributed by atoms with Crippen LogP contribution in [-0.4, -0.2) is 18.0 Å². The summed E-state index contributed by atoms with van der Waals surface area (Å²) in [6.07, 6.45) is 9.46. The molecule has 2 atom stereocenters. The monoisotopic (exact) mass is 236 g/mol. The van der Waals surface area contributed by atoms with Gasteiger partial charge in [0.05, 0.1) is 0 Å². The Hall–Kier alpha value is -0.570. The van der Waals surface area contributed by atoms with Gasteiger partial charge < -0.3 is 11.1 Å². The Morgan fingerprint density at radius 2 is 1.71 bits per heavy atom. The zero-order valence-electron chi connectivity index (χ0n) is 10.5. The van der Waals surface area contributed by atoms with Crippen LogP contribution in [0.5, 0.6) is 0 Å². The van der Waals surface area contributed by atoms with Crippen molar-refractivity contribution in [2.75, 3.05) is 0 Å². The van der Waals surface area contributed by atoms with Crippen molar-refractivity contribution in [1.82, 2.24) is 5.32 Å². The van der Waals surface area contributed by atoms with E-state index < -0.39 is 0 Å². The SMILES string of the molecule is NC1CCCC(C(=O)NC(C2CC2)C2CC2)C1. The molecule has 3 N–H and O–H groups in total. The number of carbonyl (C=O) groups excluding carboxylic acids is 1. The van der Waals surface area contributed by atoms with Gasteiger partial charge in [0, 0.05) is 18.0 Å². The van der Waals surface area contributed by atoms with Crippen LogP contribution in [-0.2, 0) is 4.79 Å². The smallest absolute Gasteiger partial charge is 0.223 e. The Morgan fingerprint density at radius 1 is 1.06 bits per heavy atom. The minimum atomic E-state index is 0.193. The third-order valence-electron chi connectivity index (χ3n) is 4.65. The predicted octanol–water partition coefficient (Wildman–Crippen LogP) is 1.81. The van der Waals surface area contributed by atoms with Gasteiger partial charge in [0.2, 0.25) is 5.91 Å². The summed E-state index contributed by atoms with van der Waals surface area (Å²) in [6, 6.07) is 0.750. The van der Waals surface area contributed by atoms with E-state index in [0.29, 0.717) is 11.9 Å². The first-order chi connectivity index (χ1) is 8.24. The molecule has 3 saturated carbocycles. The van der Waals surface area contributed by atoms with Crippen molar-refractivity contribution >= 4 is 5.91 Å². The molecule has 96 valence electrons. The molecule has 0 aromatic rings. The molecule has 3 aliphatic rings. The summed E-state index contributed by atoms with van der Waals surface area (Å²) in [4.78, 5) is 12.3.